The van der Waals surface area contributed by atoms with Crippen LogP contribution in [0.25, 0.3) is 0 Å². The molecule has 12 heavy (non-hydrogen) atoms. The molecule has 1 aromatic rings. The van der Waals surface area contributed by atoms with Crippen molar-refractivity contribution >= 4 is 0 Å². The summed E-state index contributed by atoms with van der Waals surface area (Å²) in [4.78, 5) is 27.7. The van der Waals surface area contributed by atoms with Gasteiger partial charge in [0.25, 0.3) is 5.56 Å². The molecule has 0 spiro atoms. The number of nitrogens with one attached hydrogen (secondary N) is 1. The Hall–Kier alpha value is -1.59. The minimum absolute atomic E-state index is 0.214. The minimum Gasteiger partial charge on any atom is -0.410 e. The van der Waals surface area contributed by atoms with Crippen molar-refractivity contribution in [2.45, 2.75) is 6.92 Å². The van der Waals surface area contributed by atoms with Gasteiger partial charge in [0.1, 0.15) is 6.61 Å². The van der Waals surface area contributed by atoms with E-state index >= 15 is 0 Å². The Kier molecular flexibility index (Phi) is 2.27. The van der Waals surface area contributed by atoms with Gasteiger partial charge in [-0.1, -0.05) is 0 Å². The summed E-state index contributed by atoms with van der Waals surface area (Å²) in [7, 11) is 0. The molecule has 0 aliphatic rings. The van der Waals surface area contributed by atoms with Crippen LogP contribution in [0.15, 0.2) is 15.8 Å². The quantitative estimate of drug-likeness (QED) is 0.633. The van der Waals surface area contributed by atoms with Crippen molar-refractivity contribution in [3.63, 3.8) is 0 Å². The summed E-state index contributed by atoms with van der Waals surface area (Å²) in [6.07, 6.45) is 0.699. The van der Waals surface area contributed by atoms with E-state index in [-0.39, 0.29) is 6.61 Å². The van der Waals surface area contributed by atoms with Crippen LogP contribution in [0.5, 0.6) is 0 Å². The number of hydrogen-bond donors (Lipinski definition) is 1. The normalized spacial score (nSPS) is 9.83. The molecule has 66 valence electrons. The summed E-state index contributed by atoms with van der Waals surface area (Å²) >= 11 is 0. The van der Waals surface area contributed by atoms with Crippen LogP contribution >= 0.6 is 0 Å². The summed E-state index contributed by atoms with van der Waals surface area (Å²) in [5.41, 5.74) is -1.83. The van der Waals surface area contributed by atoms with Crippen molar-refractivity contribution in [3.05, 3.63) is 32.9 Å². The lowest BCUT2D eigenvalue weighted by Crippen LogP contribution is -2.35. The first kappa shape index (κ1) is 8.51. The molecule has 1 aromatic heterocycles. The smallest absolute Gasteiger partial charge is 0.361 e. The van der Waals surface area contributed by atoms with Gasteiger partial charge in [0.15, 0.2) is 0 Å². The molecule has 0 aliphatic heterocycles. The standard InChI is InChI=1S/C6H7FN2O3/c1-2-12-9-3-4(7)5(10)8-6(9)11/h3H,2H2,1H3,(H,8,10,11). The van der Waals surface area contributed by atoms with Crippen LogP contribution in [0.4, 0.5) is 4.39 Å². The number of H-pyrrole nitrogens is 1. The van der Waals surface area contributed by atoms with E-state index in [2.05, 4.69) is 4.84 Å². The van der Waals surface area contributed by atoms with E-state index in [1.165, 1.54) is 0 Å². The van der Waals surface area contributed by atoms with Crippen molar-refractivity contribution in [1.29, 1.82) is 0 Å². The first-order valence-corrected chi connectivity index (χ1v) is 3.30. The zero-order valence-electron chi connectivity index (χ0n) is 6.33. The van der Waals surface area contributed by atoms with Gasteiger partial charge in [-0.2, -0.15) is 4.39 Å². The average Bonchev–Trinajstić information content (AvgIpc) is 2.01. The second-order valence-corrected chi connectivity index (χ2v) is 1.98. The lowest BCUT2D eigenvalue weighted by molar-refractivity contribution is 0.106. The van der Waals surface area contributed by atoms with Crippen molar-refractivity contribution in [1.82, 2.24) is 9.71 Å². The van der Waals surface area contributed by atoms with E-state index in [0.29, 0.717) is 10.9 Å². The summed E-state index contributed by atoms with van der Waals surface area (Å²) in [6, 6.07) is 0. The molecule has 0 amide bonds. The Bertz CT molecular complexity index is 381. The highest BCUT2D eigenvalue weighted by Gasteiger charge is 2.02. The van der Waals surface area contributed by atoms with Crippen LogP contribution in [-0.4, -0.2) is 16.3 Å². The van der Waals surface area contributed by atoms with Gasteiger partial charge < -0.3 is 4.84 Å². The minimum atomic E-state index is -1.05. The van der Waals surface area contributed by atoms with Crippen molar-refractivity contribution < 1.29 is 9.23 Å². The van der Waals surface area contributed by atoms with E-state index < -0.39 is 17.1 Å². The van der Waals surface area contributed by atoms with Crippen LogP contribution in [0.3, 0.4) is 0 Å². The highest BCUT2D eigenvalue weighted by atomic mass is 19.1. The molecule has 0 radical (unpaired) electrons. The molecule has 1 rings (SSSR count). The molecule has 0 saturated carbocycles. The Balaban J connectivity index is 3.24. The lowest BCUT2D eigenvalue weighted by Gasteiger charge is -2.03. The molecule has 1 heterocycles. The molecule has 5 nitrogen and oxygen atoms in total. The number of nitrogens with zero attached hydrogens (tertiary/aromatic N) is 1. The largest absolute Gasteiger partial charge is 0.410 e. The zero-order chi connectivity index (χ0) is 9.14. The molecule has 1 N–H and O–H groups in total. The number of hydrogen-bond acceptors (Lipinski definition) is 3. The van der Waals surface area contributed by atoms with Gasteiger partial charge in [0.2, 0.25) is 5.82 Å². The van der Waals surface area contributed by atoms with Gasteiger partial charge in [-0.3, -0.25) is 9.78 Å². The van der Waals surface area contributed by atoms with Gasteiger partial charge in [0, 0.05) is 0 Å². The molecule has 0 bridgehead atoms. The number of halogens is 1. The summed E-state index contributed by atoms with van der Waals surface area (Å²) in [5, 5.41) is 0. The zero-order valence-corrected chi connectivity index (χ0v) is 6.33. The maximum atomic E-state index is 12.5. The third-order valence-electron chi connectivity index (χ3n) is 1.14. The van der Waals surface area contributed by atoms with Gasteiger partial charge in [-0.25, -0.2) is 4.79 Å². The topological polar surface area (TPSA) is 64.1 Å². The molecule has 0 aliphatic carbocycles. The van der Waals surface area contributed by atoms with Crippen molar-refractivity contribution in [3.8, 4) is 0 Å². The van der Waals surface area contributed by atoms with Gasteiger partial charge in [-0.05, 0) is 6.92 Å². The Morgan fingerprint density at radius 2 is 2.33 bits per heavy atom. The van der Waals surface area contributed by atoms with E-state index in [1.807, 2.05) is 0 Å². The average molecular weight is 174 g/mol. The maximum Gasteiger partial charge on any atom is 0.361 e. The van der Waals surface area contributed by atoms with E-state index in [0.717, 1.165) is 0 Å². The highest BCUT2D eigenvalue weighted by molar-refractivity contribution is 4.85. The predicted molar refractivity (Wildman–Crippen MR) is 38.4 cm³/mol. The molecule has 0 saturated heterocycles. The van der Waals surface area contributed by atoms with Crippen molar-refractivity contribution in [2.75, 3.05) is 6.61 Å². The van der Waals surface area contributed by atoms with E-state index in [9.17, 15) is 14.0 Å². The molecule has 0 fully saturated rings. The molecule has 6 heteroatoms. The highest BCUT2D eigenvalue weighted by Crippen LogP contribution is 1.80. The van der Waals surface area contributed by atoms with Gasteiger partial charge >= 0.3 is 5.69 Å². The van der Waals surface area contributed by atoms with Gasteiger partial charge in [0.05, 0.1) is 6.20 Å². The monoisotopic (exact) mass is 174 g/mol. The molecular formula is C6H7FN2O3. The molecular weight excluding hydrogens is 167 g/mol. The van der Waals surface area contributed by atoms with E-state index in [4.69, 9.17) is 0 Å². The SMILES string of the molecule is CCOn1cc(F)c(=O)[nH]c1=O. The Morgan fingerprint density at radius 1 is 1.67 bits per heavy atom. The first-order valence-electron chi connectivity index (χ1n) is 3.30. The first-order chi connectivity index (χ1) is 5.65. The summed E-state index contributed by atoms with van der Waals surface area (Å²) in [6.45, 7) is 1.85. The van der Waals surface area contributed by atoms with Crippen molar-refractivity contribution in [2.24, 2.45) is 0 Å². The molecule has 0 atom stereocenters. The second kappa shape index (κ2) is 3.21. The van der Waals surface area contributed by atoms with Crippen LogP contribution in [0, 0.1) is 5.82 Å². The second-order valence-electron chi connectivity index (χ2n) is 1.98. The fraction of sp³-hybridized carbons (Fsp3) is 0.333. The Labute approximate surface area is 66.4 Å². The third kappa shape index (κ3) is 1.52. The molecule has 0 unspecified atom stereocenters. The number of aromatic nitrogens is 2. The van der Waals surface area contributed by atoms with Crippen LogP contribution in [0.1, 0.15) is 6.92 Å². The summed E-state index contributed by atoms with van der Waals surface area (Å²) < 4.78 is 13.1. The fourth-order valence-electron chi connectivity index (χ4n) is 0.667. The maximum absolute atomic E-state index is 12.5. The lowest BCUT2D eigenvalue weighted by atomic mass is 10.6. The summed E-state index contributed by atoms with van der Waals surface area (Å²) in [5.74, 6) is -1.05. The van der Waals surface area contributed by atoms with E-state index in [1.54, 1.807) is 11.9 Å². The fourth-order valence-corrected chi connectivity index (χ4v) is 0.667. The Morgan fingerprint density at radius 3 is 2.92 bits per heavy atom. The van der Waals surface area contributed by atoms with Crippen LogP contribution in [0.2, 0.25) is 0 Å². The van der Waals surface area contributed by atoms with Crippen LogP contribution in [-0.2, 0) is 0 Å². The van der Waals surface area contributed by atoms with Crippen LogP contribution < -0.4 is 16.1 Å². The number of rotatable bonds is 2. The number of aromatic amines is 1. The van der Waals surface area contributed by atoms with Gasteiger partial charge in [-0.15, -0.1) is 4.73 Å². The predicted octanol–water partition coefficient (Wildman–Crippen LogP) is -0.876. The third-order valence-corrected chi connectivity index (χ3v) is 1.14. The molecule has 0 aromatic carbocycles.